The third-order valence-electron chi connectivity index (χ3n) is 8.23. The molecule has 1 amide bonds. The van der Waals surface area contributed by atoms with E-state index >= 15 is 0 Å². The van der Waals surface area contributed by atoms with Crippen molar-refractivity contribution in [2.75, 3.05) is 5.32 Å². The number of hydrogen-bond donors (Lipinski definition) is 3. The van der Waals surface area contributed by atoms with Crippen molar-refractivity contribution in [2.45, 2.75) is 48.0 Å². The monoisotopic (exact) mass is 576 g/mol. The van der Waals surface area contributed by atoms with E-state index in [-0.39, 0.29) is 39.9 Å². The smallest absolute Gasteiger partial charge is 0.255 e. The minimum atomic E-state index is -4.05. The zero-order chi connectivity index (χ0) is 28.1. The molecule has 2 aliphatic carbocycles. The highest BCUT2D eigenvalue weighted by molar-refractivity contribution is 7.92. The lowest BCUT2D eigenvalue weighted by molar-refractivity contribution is -0.148. The van der Waals surface area contributed by atoms with Crippen LogP contribution in [0, 0.1) is 29.4 Å². The van der Waals surface area contributed by atoms with Crippen molar-refractivity contribution in [3.63, 3.8) is 0 Å². The maximum absolute atomic E-state index is 13.8. The average molecular weight is 577 g/mol. The van der Waals surface area contributed by atoms with Gasteiger partial charge in [-0.3, -0.25) is 9.78 Å². The number of aromatic nitrogens is 1. The van der Waals surface area contributed by atoms with Crippen LogP contribution in [0.15, 0.2) is 65.8 Å². The maximum atomic E-state index is 13.8. The van der Waals surface area contributed by atoms with Crippen molar-refractivity contribution in [3.8, 4) is 0 Å². The third-order valence-corrected chi connectivity index (χ3v) is 10.9. The van der Waals surface area contributed by atoms with E-state index in [2.05, 4.69) is 10.3 Å². The number of amides is 1. The zero-order valence-corrected chi connectivity index (χ0v) is 22.5. The van der Waals surface area contributed by atoms with Crippen LogP contribution in [0.4, 0.5) is 14.5 Å². The topological polar surface area (TPSA) is 117 Å². The van der Waals surface area contributed by atoms with Crippen LogP contribution in [0.3, 0.4) is 0 Å². The molecular weight excluding hydrogens is 550 g/mol. The molecule has 11 heteroatoms. The van der Waals surface area contributed by atoms with E-state index < -0.39 is 56.2 Å². The van der Waals surface area contributed by atoms with Gasteiger partial charge in [-0.05, 0) is 85.0 Å². The SMILES string of the molecule is C[C@H]1CC2C[C@@H](S(=O)(=O)c3cc(C(=O)Nc4ccc(F)c(F)c4)ccc3Cl)CC1[C@@]2(O)C(O)c1ccncc1. The van der Waals surface area contributed by atoms with Gasteiger partial charge < -0.3 is 15.5 Å². The second kappa shape index (κ2) is 10.2. The predicted molar refractivity (Wildman–Crippen MR) is 141 cm³/mol. The fraction of sp³-hybridized carbons (Fsp3) is 0.357. The molecule has 2 saturated carbocycles. The van der Waals surface area contributed by atoms with Gasteiger partial charge in [0.1, 0.15) is 11.7 Å². The van der Waals surface area contributed by atoms with Crippen molar-refractivity contribution in [3.05, 3.63) is 88.7 Å². The second-order valence-corrected chi connectivity index (χ2v) is 13.1. The van der Waals surface area contributed by atoms with Crippen LogP contribution in [0.25, 0.3) is 0 Å². The molecule has 2 aliphatic rings. The lowest BCUT2D eigenvalue weighted by atomic mass is 9.69. The van der Waals surface area contributed by atoms with Crippen molar-refractivity contribution in [1.29, 1.82) is 0 Å². The van der Waals surface area contributed by atoms with Gasteiger partial charge in [0.05, 0.1) is 15.2 Å². The summed E-state index contributed by atoms with van der Waals surface area (Å²) in [4.78, 5) is 16.5. The van der Waals surface area contributed by atoms with E-state index in [1.54, 1.807) is 12.1 Å². The summed E-state index contributed by atoms with van der Waals surface area (Å²) in [5.41, 5.74) is -1.01. The summed E-state index contributed by atoms with van der Waals surface area (Å²) in [6.07, 6.45) is 2.64. The van der Waals surface area contributed by atoms with Crippen molar-refractivity contribution < 1.29 is 32.2 Å². The van der Waals surface area contributed by atoms with Crippen LogP contribution in [-0.4, -0.2) is 40.4 Å². The number of carbonyl (C=O) groups is 1. The maximum Gasteiger partial charge on any atom is 0.255 e. The first kappa shape index (κ1) is 27.6. The first-order chi connectivity index (χ1) is 18.4. The normalized spacial score (nSPS) is 27.2. The summed E-state index contributed by atoms with van der Waals surface area (Å²) < 4.78 is 54.5. The molecule has 7 nitrogen and oxygen atoms in total. The molecule has 3 N–H and O–H groups in total. The van der Waals surface area contributed by atoms with Crippen molar-refractivity contribution >= 4 is 33.0 Å². The Morgan fingerprint density at radius 1 is 1.08 bits per heavy atom. The number of halogens is 3. The molecule has 5 rings (SSSR count). The predicted octanol–water partition coefficient (Wildman–Crippen LogP) is 4.94. The molecule has 0 saturated heterocycles. The zero-order valence-electron chi connectivity index (χ0n) is 20.9. The molecular formula is C28H27ClF2N2O5S. The molecule has 1 aromatic heterocycles. The fourth-order valence-electron chi connectivity index (χ4n) is 6.27. The van der Waals surface area contributed by atoms with E-state index in [9.17, 15) is 32.2 Å². The Bertz CT molecular complexity index is 1520. The van der Waals surface area contributed by atoms with Crippen molar-refractivity contribution in [2.24, 2.45) is 17.8 Å². The van der Waals surface area contributed by atoms with Gasteiger partial charge in [-0.2, -0.15) is 0 Å². The van der Waals surface area contributed by atoms with Gasteiger partial charge in [0.25, 0.3) is 5.91 Å². The van der Waals surface area contributed by atoms with Crippen LogP contribution >= 0.6 is 11.6 Å². The molecule has 0 aliphatic heterocycles. The first-order valence-electron chi connectivity index (χ1n) is 12.5. The van der Waals surface area contributed by atoms with E-state index in [1.165, 1.54) is 36.7 Å². The lowest BCUT2D eigenvalue weighted by Gasteiger charge is -2.46. The number of carbonyl (C=O) groups excluding carboxylic acids is 1. The number of rotatable bonds is 6. The van der Waals surface area contributed by atoms with Gasteiger partial charge >= 0.3 is 0 Å². The summed E-state index contributed by atoms with van der Waals surface area (Å²) in [6.45, 7) is 1.94. The number of aliphatic hydroxyl groups is 2. The largest absolute Gasteiger partial charge is 0.386 e. The third kappa shape index (κ3) is 4.84. The van der Waals surface area contributed by atoms with Crippen LogP contribution in [0.1, 0.15) is 48.2 Å². The quantitative estimate of drug-likeness (QED) is 0.383. The number of benzene rings is 2. The highest BCUT2D eigenvalue weighted by Crippen LogP contribution is 2.58. The van der Waals surface area contributed by atoms with E-state index in [0.29, 0.717) is 12.0 Å². The lowest BCUT2D eigenvalue weighted by Crippen LogP contribution is -2.52. The molecule has 3 unspecified atom stereocenters. The van der Waals surface area contributed by atoms with Gasteiger partial charge in [0, 0.05) is 29.7 Å². The molecule has 0 spiro atoms. The molecule has 206 valence electrons. The average Bonchev–Trinajstić information content (AvgIpc) is 3.03. The van der Waals surface area contributed by atoms with E-state index in [0.717, 1.165) is 12.1 Å². The van der Waals surface area contributed by atoms with Crippen LogP contribution < -0.4 is 5.32 Å². The fourth-order valence-corrected chi connectivity index (χ4v) is 8.65. The highest BCUT2D eigenvalue weighted by atomic mass is 35.5. The number of sulfone groups is 1. The van der Waals surface area contributed by atoms with Crippen molar-refractivity contribution in [1.82, 2.24) is 4.98 Å². The number of hydrogen-bond acceptors (Lipinski definition) is 6. The molecule has 3 aromatic rings. The molecule has 2 aromatic carbocycles. The number of anilines is 1. The molecule has 39 heavy (non-hydrogen) atoms. The second-order valence-electron chi connectivity index (χ2n) is 10.5. The molecule has 2 fully saturated rings. The number of nitrogens with one attached hydrogen (secondary N) is 1. The number of fused-ring (bicyclic) bond motifs is 2. The first-order valence-corrected chi connectivity index (χ1v) is 14.5. The van der Waals surface area contributed by atoms with Crippen LogP contribution in [-0.2, 0) is 9.84 Å². The number of pyridine rings is 1. The van der Waals surface area contributed by atoms with Gasteiger partial charge in [-0.1, -0.05) is 18.5 Å². The molecule has 0 radical (unpaired) electrons. The summed E-state index contributed by atoms with van der Waals surface area (Å²) >= 11 is 6.31. The molecule has 6 atom stereocenters. The Labute approximate surface area is 229 Å². The Hall–Kier alpha value is -2.92. The number of nitrogens with zero attached hydrogens (tertiary/aromatic N) is 1. The highest BCUT2D eigenvalue weighted by Gasteiger charge is 2.61. The minimum absolute atomic E-state index is 0.00291. The van der Waals surface area contributed by atoms with Crippen LogP contribution in [0.2, 0.25) is 5.02 Å². The summed E-state index contributed by atoms with van der Waals surface area (Å²) in [5, 5.41) is 24.4. The van der Waals surface area contributed by atoms with Gasteiger partial charge in [0.15, 0.2) is 21.5 Å². The Balaban J connectivity index is 1.41. The number of aliphatic hydroxyl groups excluding tert-OH is 1. The molecule has 1 heterocycles. The Morgan fingerprint density at radius 2 is 1.79 bits per heavy atom. The standard InChI is InChI=1S/C28H27ClF2N2O5S/c1-15-10-18-12-20(14-21(15)28(18,36)26(34)16-6-8-32-9-7-16)39(37,38)25-11-17(2-4-22(25)29)27(35)33-19-3-5-23(30)24(31)13-19/h2-9,11,13,15,18,20-21,26,34,36H,10,12,14H2,1H3,(H,33,35)/t15-,18?,20+,21?,26?,28+/m0/s1. The summed E-state index contributed by atoms with van der Waals surface area (Å²) in [6, 6.07) is 9.95. The van der Waals surface area contributed by atoms with Gasteiger partial charge in [0.2, 0.25) is 0 Å². The minimum Gasteiger partial charge on any atom is -0.386 e. The summed E-state index contributed by atoms with van der Waals surface area (Å²) in [7, 11) is -4.05. The summed E-state index contributed by atoms with van der Waals surface area (Å²) in [5.74, 6) is -3.92. The van der Waals surface area contributed by atoms with Gasteiger partial charge in [-0.15, -0.1) is 0 Å². The van der Waals surface area contributed by atoms with E-state index in [4.69, 9.17) is 11.6 Å². The molecule has 2 bridgehead atoms. The van der Waals surface area contributed by atoms with Gasteiger partial charge in [-0.25, -0.2) is 17.2 Å². The Kier molecular flexibility index (Phi) is 7.26. The Morgan fingerprint density at radius 3 is 2.46 bits per heavy atom. The van der Waals surface area contributed by atoms with E-state index in [1.807, 2.05) is 6.92 Å². The van der Waals surface area contributed by atoms with Crippen LogP contribution in [0.5, 0.6) is 0 Å².